The Labute approximate surface area is 91.7 Å². The Hall–Kier alpha value is -0.280. The van der Waals surface area contributed by atoms with Crippen LogP contribution in [0.3, 0.4) is 0 Å². The van der Waals surface area contributed by atoms with E-state index in [0.29, 0.717) is 12.6 Å². The molecule has 3 nitrogen and oxygen atoms in total. The fraction of sp³-hybridized carbons (Fsp3) is 0.900. The van der Waals surface area contributed by atoms with Gasteiger partial charge >= 0.3 is 5.97 Å². The molecule has 0 radical (unpaired) electrons. The molecule has 2 unspecified atom stereocenters. The summed E-state index contributed by atoms with van der Waals surface area (Å²) in [7, 11) is 0. The van der Waals surface area contributed by atoms with Gasteiger partial charge in [-0.2, -0.15) is 0 Å². The summed E-state index contributed by atoms with van der Waals surface area (Å²) in [6.07, 6.45) is 5.53. The third-order valence-corrected chi connectivity index (χ3v) is 2.77. The van der Waals surface area contributed by atoms with E-state index in [9.17, 15) is 4.79 Å². The molecule has 0 aromatic heterocycles. The standard InChI is InChI=1S/C10H19NO2.ClH/c1-2-3-4-9-6-5-8(7-11-9)10(12)13;/h8-9,11H,2-7H2,1H3,(H,12,13);1H. The number of carboxylic acid groups (broad SMARTS) is 1. The van der Waals surface area contributed by atoms with Crippen LogP contribution < -0.4 is 5.32 Å². The third-order valence-electron chi connectivity index (χ3n) is 2.77. The number of piperidine rings is 1. The lowest BCUT2D eigenvalue weighted by molar-refractivity contribution is -0.142. The minimum absolute atomic E-state index is 0. The highest BCUT2D eigenvalue weighted by atomic mass is 35.5. The molecule has 14 heavy (non-hydrogen) atoms. The van der Waals surface area contributed by atoms with Crippen LogP contribution in [0.2, 0.25) is 0 Å². The molecule has 1 rings (SSSR count). The van der Waals surface area contributed by atoms with Crippen molar-refractivity contribution in [2.45, 2.75) is 45.1 Å². The molecule has 4 heteroatoms. The van der Waals surface area contributed by atoms with E-state index >= 15 is 0 Å². The molecule has 1 aliphatic heterocycles. The van der Waals surface area contributed by atoms with E-state index in [0.717, 1.165) is 12.8 Å². The Morgan fingerprint density at radius 2 is 2.21 bits per heavy atom. The summed E-state index contributed by atoms with van der Waals surface area (Å²) < 4.78 is 0. The molecule has 1 heterocycles. The van der Waals surface area contributed by atoms with Crippen LogP contribution in [0.4, 0.5) is 0 Å². The summed E-state index contributed by atoms with van der Waals surface area (Å²) >= 11 is 0. The van der Waals surface area contributed by atoms with Gasteiger partial charge in [-0.15, -0.1) is 12.4 Å². The lowest BCUT2D eigenvalue weighted by Crippen LogP contribution is -2.41. The number of halogens is 1. The summed E-state index contributed by atoms with van der Waals surface area (Å²) in [5.41, 5.74) is 0. The van der Waals surface area contributed by atoms with Gasteiger partial charge in [0.2, 0.25) is 0 Å². The second-order valence-electron chi connectivity index (χ2n) is 3.86. The summed E-state index contributed by atoms with van der Waals surface area (Å²) in [6.45, 7) is 2.84. The van der Waals surface area contributed by atoms with Gasteiger partial charge in [-0.25, -0.2) is 0 Å². The first kappa shape index (κ1) is 13.7. The van der Waals surface area contributed by atoms with Gasteiger partial charge in [0.1, 0.15) is 0 Å². The Morgan fingerprint density at radius 1 is 1.50 bits per heavy atom. The SMILES string of the molecule is CCCCC1CCC(C(=O)O)CN1.Cl. The highest BCUT2D eigenvalue weighted by molar-refractivity contribution is 5.85. The molecular weight excluding hydrogens is 202 g/mol. The quantitative estimate of drug-likeness (QED) is 0.764. The van der Waals surface area contributed by atoms with Crippen LogP contribution in [-0.4, -0.2) is 23.7 Å². The zero-order valence-electron chi connectivity index (χ0n) is 8.66. The summed E-state index contributed by atoms with van der Waals surface area (Å²) in [4.78, 5) is 10.6. The molecule has 2 N–H and O–H groups in total. The zero-order chi connectivity index (χ0) is 9.68. The van der Waals surface area contributed by atoms with E-state index in [1.54, 1.807) is 0 Å². The highest BCUT2D eigenvalue weighted by Crippen LogP contribution is 2.17. The first-order valence-electron chi connectivity index (χ1n) is 5.20. The van der Waals surface area contributed by atoms with Crippen molar-refractivity contribution in [2.24, 2.45) is 5.92 Å². The van der Waals surface area contributed by atoms with Gasteiger partial charge in [0.15, 0.2) is 0 Å². The third kappa shape index (κ3) is 4.29. The molecular formula is C10H20ClNO2. The van der Waals surface area contributed by atoms with Gasteiger partial charge in [-0.1, -0.05) is 19.8 Å². The van der Waals surface area contributed by atoms with Crippen LogP contribution >= 0.6 is 12.4 Å². The molecule has 2 atom stereocenters. The smallest absolute Gasteiger partial charge is 0.307 e. The number of rotatable bonds is 4. The number of hydrogen-bond donors (Lipinski definition) is 2. The Bertz CT molecular complexity index is 168. The molecule has 1 aliphatic rings. The van der Waals surface area contributed by atoms with Crippen molar-refractivity contribution in [2.75, 3.05) is 6.54 Å². The van der Waals surface area contributed by atoms with Gasteiger partial charge in [-0.05, 0) is 19.3 Å². The summed E-state index contributed by atoms with van der Waals surface area (Å²) in [5, 5.41) is 12.1. The molecule has 0 aromatic carbocycles. The Kier molecular flexibility index (Phi) is 6.93. The molecule has 0 aromatic rings. The fourth-order valence-corrected chi connectivity index (χ4v) is 1.82. The van der Waals surface area contributed by atoms with Crippen LogP contribution in [0, 0.1) is 5.92 Å². The second-order valence-corrected chi connectivity index (χ2v) is 3.86. The van der Waals surface area contributed by atoms with Crippen LogP contribution in [0.1, 0.15) is 39.0 Å². The first-order valence-corrected chi connectivity index (χ1v) is 5.20. The molecule has 1 saturated heterocycles. The molecule has 0 aliphatic carbocycles. The number of carboxylic acids is 1. The van der Waals surface area contributed by atoms with Crippen molar-refractivity contribution in [1.29, 1.82) is 0 Å². The van der Waals surface area contributed by atoms with Crippen molar-refractivity contribution in [1.82, 2.24) is 5.32 Å². The van der Waals surface area contributed by atoms with Gasteiger partial charge in [0.05, 0.1) is 5.92 Å². The Morgan fingerprint density at radius 3 is 2.64 bits per heavy atom. The molecule has 1 fully saturated rings. The van der Waals surface area contributed by atoms with Gasteiger partial charge in [0, 0.05) is 12.6 Å². The predicted octanol–water partition coefficient (Wildman–Crippen LogP) is 2.05. The molecule has 84 valence electrons. The second kappa shape index (κ2) is 7.07. The average Bonchev–Trinajstić information content (AvgIpc) is 2.15. The van der Waals surface area contributed by atoms with E-state index in [-0.39, 0.29) is 18.3 Å². The van der Waals surface area contributed by atoms with Gasteiger partial charge < -0.3 is 10.4 Å². The number of aliphatic carboxylic acids is 1. The van der Waals surface area contributed by atoms with E-state index < -0.39 is 5.97 Å². The molecule has 0 bridgehead atoms. The fourth-order valence-electron chi connectivity index (χ4n) is 1.82. The number of carbonyl (C=O) groups is 1. The first-order chi connectivity index (χ1) is 6.24. The number of unbranched alkanes of at least 4 members (excludes halogenated alkanes) is 1. The lowest BCUT2D eigenvalue weighted by Gasteiger charge is -2.27. The number of nitrogens with one attached hydrogen (secondary N) is 1. The van der Waals surface area contributed by atoms with Crippen LogP contribution in [-0.2, 0) is 4.79 Å². The molecule has 0 saturated carbocycles. The van der Waals surface area contributed by atoms with E-state index in [1.165, 1.54) is 19.3 Å². The van der Waals surface area contributed by atoms with E-state index in [4.69, 9.17) is 5.11 Å². The normalized spacial score (nSPS) is 26.6. The van der Waals surface area contributed by atoms with Crippen molar-refractivity contribution in [3.8, 4) is 0 Å². The maximum absolute atomic E-state index is 10.6. The molecule has 0 amide bonds. The van der Waals surface area contributed by atoms with Gasteiger partial charge in [0.25, 0.3) is 0 Å². The lowest BCUT2D eigenvalue weighted by atomic mass is 9.92. The van der Waals surface area contributed by atoms with Crippen LogP contribution in [0.5, 0.6) is 0 Å². The summed E-state index contributed by atoms with van der Waals surface area (Å²) in [5.74, 6) is -0.806. The monoisotopic (exact) mass is 221 g/mol. The zero-order valence-corrected chi connectivity index (χ0v) is 9.48. The van der Waals surface area contributed by atoms with Crippen LogP contribution in [0.25, 0.3) is 0 Å². The minimum Gasteiger partial charge on any atom is -0.481 e. The van der Waals surface area contributed by atoms with Crippen molar-refractivity contribution < 1.29 is 9.90 Å². The highest BCUT2D eigenvalue weighted by Gasteiger charge is 2.24. The summed E-state index contributed by atoms with van der Waals surface area (Å²) in [6, 6.07) is 0.565. The van der Waals surface area contributed by atoms with E-state index in [1.807, 2.05) is 0 Å². The topological polar surface area (TPSA) is 49.3 Å². The van der Waals surface area contributed by atoms with Crippen molar-refractivity contribution in [3.05, 3.63) is 0 Å². The van der Waals surface area contributed by atoms with Crippen LogP contribution in [0.15, 0.2) is 0 Å². The van der Waals surface area contributed by atoms with Crippen molar-refractivity contribution >= 4 is 18.4 Å². The maximum atomic E-state index is 10.6. The number of hydrogen-bond acceptors (Lipinski definition) is 2. The van der Waals surface area contributed by atoms with Crippen molar-refractivity contribution in [3.63, 3.8) is 0 Å². The van der Waals surface area contributed by atoms with Gasteiger partial charge in [-0.3, -0.25) is 4.79 Å². The Balaban J connectivity index is 0.00000169. The maximum Gasteiger partial charge on any atom is 0.307 e. The minimum atomic E-state index is -0.651. The predicted molar refractivity (Wildman–Crippen MR) is 58.9 cm³/mol. The van der Waals surface area contributed by atoms with E-state index in [2.05, 4.69) is 12.2 Å². The average molecular weight is 222 g/mol. The largest absolute Gasteiger partial charge is 0.481 e. The molecule has 0 spiro atoms.